The number of amides is 1. The van der Waals surface area contributed by atoms with Crippen LogP contribution in [0.2, 0.25) is 0 Å². The summed E-state index contributed by atoms with van der Waals surface area (Å²) >= 11 is 3.18. The number of carbonyl (C=O) groups excluding carboxylic acids is 1. The molecule has 0 spiro atoms. The number of halogens is 1. The van der Waals surface area contributed by atoms with Gasteiger partial charge >= 0.3 is 0 Å². The number of phenolic OH excluding ortho intramolecular Hbond substituents is 1. The zero-order valence-electron chi connectivity index (χ0n) is 11.2. The van der Waals surface area contributed by atoms with Gasteiger partial charge < -0.3 is 16.2 Å². The highest BCUT2D eigenvalue weighted by Crippen LogP contribution is 2.27. The van der Waals surface area contributed by atoms with Crippen molar-refractivity contribution in [3.8, 4) is 5.75 Å². The third kappa shape index (κ3) is 2.93. The van der Waals surface area contributed by atoms with Gasteiger partial charge in [-0.15, -0.1) is 0 Å². The Morgan fingerprint density at radius 1 is 1.20 bits per heavy atom. The number of carbonyl (C=O) groups is 1. The smallest absolute Gasteiger partial charge is 0.255 e. The van der Waals surface area contributed by atoms with Crippen molar-refractivity contribution < 1.29 is 9.90 Å². The fourth-order valence-electron chi connectivity index (χ4n) is 2.03. The van der Waals surface area contributed by atoms with Crippen molar-refractivity contribution in [1.82, 2.24) is 0 Å². The summed E-state index contributed by atoms with van der Waals surface area (Å²) in [6, 6.07) is 8.30. The van der Waals surface area contributed by atoms with Crippen LogP contribution in [0, 0.1) is 13.8 Å². The van der Waals surface area contributed by atoms with Crippen LogP contribution < -0.4 is 11.1 Å². The van der Waals surface area contributed by atoms with Gasteiger partial charge in [-0.05, 0) is 71.2 Å². The standard InChI is InChI=1S/C15H15BrN2O2/c1-8-5-11(17)6-9(2)14(8)18-15(20)10-3-4-12(16)13(19)7-10/h3-7,19H,17H2,1-2H3,(H,18,20). The number of phenols is 1. The molecule has 0 aromatic heterocycles. The molecular weight excluding hydrogens is 320 g/mol. The monoisotopic (exact) mass is 334 g/mol. The second-order valence-corrected chi connectivity index (χ2v) is 5.50. The van der Waals surface area contributed by atoms with Crippen LogP contribution in [-0.2, 0) is 0 Å². The lowest BCUT2D eigenvalue weighted by Gasteiger charge is -2.13. The summed E-state index contributed by atoms with van der Waals surface area (Å²) < 4.78 is 0.550. The third-order valence-electron chi connectivity index (χ3n) is 3.00. The first-order valence-corrected chi connectivity index (χ1v) is 6.84. The summed E-state index contributed by atoms with van der Waals surface area (Å²) in [5.74, 6) is -0.243. The van der Waals surface area contributed by atoms with Gasteiger partial charge in [0.15, 0.2) is 0 Å². The Labute approximate surface area is 125 Å². The molecule has 5 heteroatoms. The lowest BCUT2D eigenvalue weighted by atomic mass is 10.1. The van der Waals surface area contributed by atoms with Crippen LogP contribution in [0.3, 0.4) is 0 Å². The highest BCUT2D eigenvalue weighted by molar-refractivity contribution is 9.10. The minimum atomic E-state index is -0.274. The molecule has 2 rings (SSSR count). The molecular formula is C15H15BrN2O2. The van der Waals surface area contributed by atoms with Gasteiger partial charge in [0.25, 0.3) is 5.91 Å². The molecule has 104 valence electrons. The quantitative estimate of drug-likeness (QED) is 0.734. The zero-order valence-corrected chi connectivity index (χ0v) is 12.8. The van der Waals surface area contributed by atoms with Crippen LogP contribution in [0.4, 0.5) is 11.4 Å². The van der Waals surface area contributed by atoms with Crippen molar-refractivity contribution in [3.05, 3.63) is 51.5 Å². The molecule has 1 amide bonds. The third-order valence-corrected chi connectivity index (χ3v) is 3.67. The highest BCUT2D eigenvalue weighted by Gasteiger charge is 2.12. The van der Waals surface area contributed by atoms with E-state index in [2.05, 4.69) is 21.2 Å². The molecule has 2 aromatic rings. The number of aromatic hydroxyl groups is 1. The Balaban J connectivity index is 2.30. The Bertz CT molecular complexity index is 661. The van der Waals surface area contributed by atoms with Gasteiger partial charge in [-0.2, -0.15) is 0 Å². The Morgan fingerprint density at radius 3 is 2.35 bits per heavy atom. The molecule has 4 N–H and O–H groups in total. The molecule has 0 aliphatic rings. The Morgan fingerprint density at radius 2 is 1.80 bits per heavy atom. The van der Waals surface area contributed by atoms with E-state index in [4.69, 9.17) is 5.73 Å². The van der Waals surface area contributed by atoms with Gasteiger partial charge in [0.2, 0.25) is 0 Å². The average molecular weight is 335 g/mol. The lowest BCUT2D eigenvalue weighted by molar-refractivity contribution is 0.102. The maximum absolute atomic E-state index is 12.2. The summed E-state index contributed by atoms with van der Waals surface area (Å²) in [5.41, 5.74) is 9.35. The first-order chi connectivity index (χ1) is 9.38. The van der Waals surface area contributed by atoms with Crippen molar-refractivity contribution >= 4 is 33.2 Å². The van der Waals surface area contributed by atoms with E-state index in [1.54, 1.807) is 12.1 Å². The molecule has 0 saturated heterocycles. The van der Waals surface area contributed by atoms with Crippen LogP contribution in [-0.4, -0.2) is 11.0 Å². The van der Waals surface area contributed by atoms with Gasteiger partial charge in [-0.3, -0.25) is 4.79 Å². The zero-order chi connectivity index (χ0) is 14.9. The second kappa shape index (κ2) is 5.54. The molecule has 0 heterocycles. The minimum absolute atomic E-state index is 0.0309. The largest absolute Gasteiger partial charge is 0.507 e. The van der Waals surface area contributed by atoms with Crippen LogP contribution in [0.15, 0.2) is 34.8 Å². The topological polar surface area (TPSA) is 75.3 Å². The number of rotatable bonds is 2. The second-order valence-electron chi connectivity index (χ2n) is 4.65. The minimum Gasteiger partial charge on any atom is -0.507 e. The number of aryl methyl sites for hydroxylation is 2. The van der Waals surface area contributed by atoms with Gasteiger partial charge in [0.1, 0.15) is 5.75 Å². The number of hydrogen-bond donors (Lipinski definition) is 3. The van der Waals surface area contributed by atoms with Crippen molar-refractivity contribution in [2.45, 2.75) is 13.8 Å². The maximum atomic E-state index is 12.2. The van der Waals surface area contributed by atoms with Gasteiger partial charge in [-0.1, -0.05) is 0 Å². The predicted octanol–water partition coefficient (Wildman–Crippen LogP) is 3.61. The van der Waals surface area contributed by atoms with E-state index in [9.17, 15) is 9.90 Å². The maximum Gasteiger partial charge on any atom is 0.255 e. The first kappa shape index (κ1) is 14.4. The van der Waals surface area contributed by atoms with Crippen LogP contribution in [0.25, 0.3) is 0 Å². The highest BCUT2D eigenvalue weighted by atomic mass is 79.9. The van der Waals surface area contributed by atoms with Crippen LogP contribution in [0.5, 0.6) is 5.75 Å². The molecule has 0 saturated carbocycles. The van der Waals surface area contributed by atoms with E-state index in [1.807, 2.05) is 26.0 Å². The fourth-order valence-corrected chi connectivity index (χ4v) is 2.28. The van der Waals surface area contributed by atoms with Gasteiger partial charge in [0, 0.05) is 16.9 Å². The molecule has 0 unspecified atom stereocenters. The van der Waals surface area contributed by atoms with E-state index >= 15 is 0 Å². The molecule has 0 aliphatic heterocycles. The summed E-state index contributed by atoms with van der Waals surface area (Å²) in [6.45, 7) is 3.77. The fraction of sp³-hybridized carbons (Fsp3) is 0.133. The van der Waals surface area contributed by atoms with Crippen molar-refractivity contribution in [2.75, 3.05) is 11.1 Å². The van der Waals surface area contributed by atoms with E-state index in [0.717, 1.165) is 16.8 Å². The van der Waals surface area contributed by atoms with E-state index in [1.165, 1.54) is 6.07 Å². The molecule has 20 heavy (non-hydrogen) atoms. The summed E-state index contributed by atoms with van der Waals surface area (Å²) in [7, 11) is 0. The Hall–Kier alpha value is -2.01. The molecule has 4 nitrogen and oxygen atoms in total. The van der Waals surface area contributed by atoms with Crippen molar-refractivity contribution in [3.63, 3.8) is 0 Å². The molecule has 0 radical (unpaired) electrons. The summed E-state index contributed by atoms with van der Waals surface area (Å²) in [4.78, 5) is 12.2. The average Bonchev–Trinajstić information content (AvgIpc) is 2.36. The first-order valence-electron chi connectivity index (χ1n) is 6.05. The number of nitrogens with two attached hydrogens (primary N) is 1. The van der Waals surface area contributed by atoms with E-state index < -0.39 is 0 Å². The van der Waals surface area contributed by atoms with E-state index in [-0.39, 0.29) is 11.7 Å². The van der Waals surface area contributed by atoms with Gasteiger partial charge in [0.05, 0.1) is 4.47 Å². The molecule has 0 fully saturated rings. The van der Waals surface area contributed by atoms with Crippen molar-refractivity contribution in [1.29, 1.82) is 0 Å². The number of benzene rings is 2. The number of anilines is 2. The molecule has 2 aromatic carbocycles. The summed E-state index contributed by atoms with van der Waals surface area (Å²) in [6.07, 6.45) is 0. The number of nitrogen functional groups attached to an aromatic ring is 1. The number of nitrogens with one attached hydrogen (secondary N) is 1. The van der Waals surface area contributed by atoms with Crippen LogP contribution >= 0.6 is 15.9 Å². The van der Waals surface area contributed by atoms with E-state index in [0.29, 0.717) is 15.7 Å². The predicted molar refractivity (Wildman–Crippen MR) is 84.1 cm³/mol. The normalized spacial score (nSPS) is 10.3. The van der Waals surface area contributed by atoms with Gasteiger partial charge in [-0.25, -0.2) is 0 Å². The van der Waals surface area contributed by atoms with Crippen LogP contribution in [0.1, 0.15) is 21.5 Å². The SMILES string of the molecule is Cc1cc(N)cc(C)c1NC(=O)c1ccc(Br)c(O)c1. The van der Waals surface area contributed by atoms with Crippen molar-refractivity contribution in [2.24, 2.45) is 0 Å². The number of hydrogen-bond acceptors (Lipinski definition) is 3. The Kier molecular flexibility index (Phi) is 3.99. The summed E-state index contributed by atoms with van der Waals surface area (Å²) in [5, 5.41) is 12.5. The molecule has 0 aliphatic carbocycles. The molecule has 0 bridgehead atoms. The molecule has 0 atom stereocenters. The lowest BCUT2D eigenvalue weighted by Crippen LogP contribution is -2.14.